The molecule has 2 amide bonds. The van der Waals surface area contributed by atoms with E-state index in [4.69, 9.17) is 4.74 Å². The normalized spacial score (nSPS) is 11.4. The fraction of sp³-hybridized carbons (Fsp3) is 0.231. The van der Waals surface area contributed by atoms with E-state index in [0.29, 0.717) is 12.1 Å². The zero-order valence-electron chi connectivity index (χ0n) is 19.0. The standard InChI is InChI=1S/C26H27F2N3O3/c1-17-4-3-5-19(14-17)25(32)31-16-22(18-6-11-23(27)24(28)15-18)26(33)30-13-12-29-20-7-9-21(34-2)10-8-20/h3-11,14-15,22,29H,12-13,16H2,1-2H3,(H,30,33)(H,31,32). The SMILES string of the molecule is COc1ccc(NCCNC(=O)C(CNC(=O)c2cccc(C)c2)c2ccc(F)c(F)c2)cc1. The van der Waals surface area contributed by atoms with Crippen LogP contribution in [0.15, 0.2) is 66.7 Å². The number of benzene rings is 3. The Morgan fingerprint density at radius 1 is 0.912 bits per heavy atom. The molecule has 0 aliphatic heterocycles. The molecule has 0 aliphatic rings. The fourth-order valence-electron chi connectivity index (χ4n) is 3.40. The summed E-state index contributed by atoms with van der Waals surface area (Å²) in [5, 5.41) is 8.68. The first-order chi connectivity index (χ1) is 16.4. The number of rotatable bonds is 10. The predicted molar refractivity (Wildman–Crippen MR) is 127 cm³/mol. The number of amides is 2. The van der Waals surface area contributed by atoms with Crippen molar-refractivity contribution < 1.29 is 23.1 Å². The van der Waals surface area contributed by atoms with Crippen LogP contribution in [-0.4, -0.2) is 38.6 Å². The summed E-state index contributed by atoms with van der Waals surface area (Å²) < 4.78 is 32.4. The van der Waals surface area contributed by atoms with Crippen LogP contribution < -0.4 is 20.7 Å². The van der Waals surface area contributed by atoms with Gasteiger partial charge in [-0.3, -0.25) is 9.59 Å². The molecule has 3 rings (SSSR count). The van der Waals surface area contributed by atoms with E-state index in [1.54, 1.807) is 25.3 Å². The lowest BCUT2D eigenvalue weighted by molar-refractivity contribution is -0.122. The lowest BCUT2D eigenvalue weighted by atomic mass is 9.97. The second kappa shape index (κ2) is 11.8. The molecule has 178 valence electrons. The van der Waals surface area contributed by atoms with Crippen molar-refractivity contribution in [3.05, 3.63) is 95.1 Å². The van der Waals surface area contributed by atoms with Gasteiger partial charge in [-0.1, -0.05) is 23.8 Å². The van der Waals surface area contributed by atoms with E-state index in [1.807, 2.05) is 37.3 Å². The van der Waals surface area contributed by atoms with Crippen LogP contribution in [0.4, 0.5) is 14.5 Å². The van der Waals surface area contributed by atoms with E-state index in [0.717, 1.165) is 29.1 Å². The number of anilines is 1. The first kappa shape index (κ1) is 24.7. The molecule has 0 saturated carbocycles. The van der Waals surface area contributed by atoms with Gasteiger partial charge in [0, 0.05) is 30.9 Å². The number of hydrogen-bond acceptors (Lipinski definition) is 4. The molecule has 1 unspecified atom stereocenters. The number of carbonyl (C=O) groups is 2. The van der Waals surface area contributed by atoms with Crippen molar-refractivity contribution in [3.8, 4) is 5.75 Å². The summed E-state index contributed by atoms with van der Waals surface area (Å²) in [6, 6.07) is 17.7. The van der Waals surface area contributed by atoms with Crippen LogP contribution in [0.3, 0.4) is 0 Å². The average Bonchev–Trinajstić information content (AvgIpc) is 2.84. The number of carbonyl (C=O) groups excluding carboxylic acids is 2. The van der Waals surface area contributed by atoms with Crippen LogP contribution in [-0.2, 0) is 4.79 Å². The van der Waals surface area contributed by atoms with Gasteiger partial charge in [0.15, 0.2) is 11.6 Å². The van der Waals surface area contributed by atoms with Crippen molar-refractivity contribution in [2.75, 3.05) is 32.1 Å². The van der Waals surface area contributed by atoms with E-state index < -0.39 is 23.5 Å². The molecule has 8 heteroatoms. The minimum Gasteiger partial charge on any atom is -0.497 e. The number of methoxy groups -OCH3 is 1. The van der Waals surface area contributed by atoms with Gasteiger partial charge in [-0.05, 0) is 61.0 Å². The van der Waals surface area contributed by atoms with Gasteiger partial charge < -0.3 is 20.7 Å². The van der Waals surface area contributed by atoms with Gasteiger partial charge in [-0.25, -0.2) is 8.78 Å². The third kappa shape index (κ3) is 6.78. The van der Waals surface area contributed by atoms with Crippen molar-refractivity contribution in [3.63, 3.8) is 0 Å². The van der Waals surface area contributed by atoms with E-state index in [-0.39, 0.29) is 24.6 Å². The van der Waals surface area contributed by atoms with Gasteiger partial charge in [-0.2, -0.15) is 0 Å². The molecular weight excluding hydrogens is 440 g/mol. The number of halogens is 2. The van der Waals surface area contributed by atoms with Gasteiger partial charge in [0.05, 0.1) is 13.0 Å². The van der Waals surface area contributed by atoms with Crippen LogP contribution in [0.5, 0.6) is 5.75 Å². The smallest absolute Gasteiger partial charge is 0.251 e. The Morgan fingerprint density at radius 2 is 1.68 bits per heavy atom. The molecule has 0 bridgehead atoms. The van der Waals surface area contributed by atoms with Crippen LogP contribution in [0, 0.1) is 18.6 Å². The summed E-state index contributed by atoms with van der Waals surface area (Å²) >= 11 is 0. The maximum Gasteiger partial charge on any atom is 0.251 e. The third-order valence-electron chi connectivity index (χ3n) is 5.25. The molecule has 0 fully saturated rings. The zero-order chi connectivity index (χ0) is 24.5. The Balaban J connectivity index is 1.62. The number of hydrogen-bond donors (Lipinski definition) is 3. The number of aryl methyl sites for hydroxylation is 1. The molecule has 3 aromatic rings. The van der Waals surface area contributed by atoms with Gasteiger partial charge in [0.25, 0.3) is 5.91 Å². The molecule has 6 nitrogen and oxygen atoms in total. The summed E-state index contributed by atoms with van der Waals surface area (Å²) in [5.41, 5.74) is 2.50. The van der Waals surface area contributed by atoms with Gasteiger partial charge in [0.2, 0.25) is 5.91 Å². The van der Waals surface area contributed by atoms with Crippen molar-refractivity contribution in [2.24, 2.45) is 0 Å². The molecule has 0 saturated heterocycles. The highest BCUT2D eigenvalue weighted by Crippen LogP contribution is 2.19. The van der Waals surface area contributed by atoms with Crippen LogP contribution in [0.1, 0.15) is 27.4 Å². The Labute approximate surface area is 197 Å². The van der Waals surface area contributed by atoms with Crippen molar-refractivity contribution in [2.45, 2.75) is 12.8 Å². The molecule has 0 heterocycles. The van der Waals surface area contributed by atoms with E-state index >= 15 is 0 Å². The van der Waals surface area contributed by atoms with Crippen LogP contribution in [0.25, 0.3) is 0 Å². The van der Waals surface area contributed by atoms with Crippen molar-refractivity contribution in [1.82, 2.24) is 10.6 Å². The minimum atomic E-state index is -1.05. The van der Waals surface area contributed by atoms with Crippen LogP contribution >= 0.6 is 0 Å². The first-order valence-electron chi connectivity index (χ1n) is 10.8. The summed E-state index contributed by atoms with van der Waals surface area (Å²) in [5.74, 6) is -2.99. The maximum atomic E-state index is 13.8. The zero-order valence-corrected chi connectivity index (χ0v) is 19.0. The van der Waals surface area contributed by atoms with Crippen LogP contribution in [0.2, 0.25) is 0 Å². The molecular formula is C26H27F2N3O3. The minimum absolute atomic E-state index is 0.0738. The first-order valence-corrected chi connectivity index (χ1v) is 10.8. The highest BCUT2D eigenvalue weighted by Gasteiger charge is 2.23. The molecule has 0 spiro atoms. The summed E-state index contributed by atoms with van der Waals surface area (Å²) in [7, 11) is 1.59. The van der Waals surface area contributed by atoms with Crippen molar-refractivity contribution >= 4 is 17.5 Å². The van der Waals surface area contributed by atoms with Gasteiger partial charge >= 0.3 is 0 Å². The summed E-state index contributed by atoms with van der Waals surface area (Å²) in [6.45, 7) is 2.53. The average molecular weight is 468 g/mol. The van der Waals surface area contributed by atoms with E-state index in [1.165, 1.54) is 6.07 Å². The van der Waals surface area contributed by atoms with E-state index in [2.05, 4.69) is 16.0 Å². The molecule has 1 atom stereocenters. The lowest BCUT2D eigenvalue weighted by Gasteiger charge is -2.19. The Bertz CT molecular complexity index is 1140. The van der Waals surface area contributed by atoms with E-state index in [9.17, 15) is 18.4 Å². The predicted octanol–water partition coefficient (Wildman–Crippen LogP) is 4.02. The van der Waals surface area contributed by atoms with Gasteiger partial charge in [-0.15, -0.1) is 0 Å². The number of nitrogens with one attached hydrogen (secondary N) is 3. The quantitative estimate of drug-likeness (QED) is 0.394. The molecule has 0 aromatic heterocycles. The highest BCUT2D eigenvalue weighted by atomic mass is 19.2. The second-order valence-electron chi connectivity index (χ2n) is 7.75. The highest BCUT2D eigenvalue weighted by molar-refractivity contribution is 5.95. The summed E-state index contributed by atoms with van der Waals surface area (Å²) in [4.78, 5) is 25.5. The molecule has 3 N–H and O–H groups in total. The number of ether oxygens (including phenoxy) is 1. The maximum absolute atomic E-state index is 13.8. The third-order valence-corrected chi connectivity index (χ3v) is 5.25. The molecule has 34 heavy (non-hydrogen) atoms. The Hall–Kier alpha value is -3.94. The monoisotopic (exact) mass is 467 g/mol. The molecule has 0 aliphatic carbocycles. The fourth-order valence-corrected chi connectivity index (χ4v) is 3.40. The Kier molecular flexibility index (Phi) is 8.56. The Morgan fingerprint density at radius 3 is 2.35 bits per heavy atom. The largest absolute Gasteiger partial charge is 0.497 e. The van der Waals surface area contributed by atoms with Gasteiger partial charge in [0.1, 0.15) is 5.75 Å². The second-order valence-corrected chi connectivity index (χ2v) is 7.75. The topological polar surface area (TPSA) is 79.5 Å². The molecule has 3 aromatic carbocycles. The lowest BCUT2D eigenvalue weighted by Crippen LogP contribution is -2.39. The molecule has 0 radical (unpaired) electrons. The van der Waals surface area contributed by atoms with Crippen molar-refractivity contribution in [1.29, 1.82) is 0 Å². The summed E-state index contributed by atoms with van der Waals surface area (Å²) in [6.07, 6.45) is 0.